The molecule has 0 bridgehead atoms. The van der Waals surface area contributed by atoms with Crippen LogP contribution in [0.3, 0.4) is 0 Å². The highest BCUT2D eigenvalue weighted by Gasteiger charge is 2.20. The Labute approximate surface area is 124 Å². The minimum atomic E-state index is -0.332. The fourth-order valence-electron chi connectivity index (χ4n) is 2.34. The van der Waals surface area contributed by atoms with Crippen molar-refractivity contribution in [2.45, 2.75) is 12.5 Å². The zero-order valence-corrected chi connectivity index (χ0v) is 11.7. The van der Waals surface area contributed by atoms with Gasteiger partial charge in [-0.15, -0.1) is 12.4 Å². The van der Waals surface area contributed by atoms with Crippen molar-refractivity contribution in [2.75, 3.05) is 6.61 Å². The molecule has 1 amide bonds. The van der Waals surface area contributed by atoms with Gasteiger partial charge in [0.1, 0.15) is 0 Å². The Balaban J connectivity index is 0.00000147. The first-order chi connectivity index (χ1) is 9.33. The van der Waals surface area contributed by atoms with Gasteiger partial charge < -0.3 is 10.1 Å². The molecule has 3 nitrogen and oxygen atoms in total. The van der Waals surface area contributed by atoms with E-state index >= 15 is 0 Å². The van der Waals surface area contributed by atoms with Gasteiger partial charge in [-0.2, -0.15) is 0 Å². The number of carbonyl (C=O) groups excluding carboxylic acids is 1. The van der Waals surface area contributed by atoms with E-state index in [1.807, 2.05) is 30.3 Å². The molecule has 1 N–H and O–H groups in total. The van der Waals surface area contributed by atoms with E-state index in [1.165, 1.54) is 11.1 Å². The lowest BCUT2D eigenvalue weighted by Gasteiger charge is -2.24. The Morgan fingerprint density at radius 3 is 2.50 bits per heavy atom. The average Bonchev–Trinajstić information content (AvgIpc) is 2.48. The van der Waals surface area contributed by atoms with Crippen LogP contribution in [0.5, 0.6) is 0 Å². The van der Waals surface area contributed by atoms with Gasteiger partial charge >= 0.3 is 6.09 Å². The normalized spacial score (nSPS) is 17.6. The fourth-order valence-corrected chi connectivity index (χ4v) is 2.34. The monoisotopic (exact) mass is 289 g/mol. The minimum absolute atomic E-state index is 0. The van der Waals surface area contributed by atoms with E-state index in [1.54, 1.807) is 0 Å². The van der Waals surface area contributed by atoms with Crippen LogP contribution in [0.2, 0.25) is 0 Å². The molecule has 1 atom stereocenters. The third kappa shape index (κ3) is 3.11. The Bertz CT molecular complexity index is 586. The van der Waals surface area contributed by atoms with Gasteiger partial charge in [0.15, 0.2) is 0 Å². The molecule has 0 spiro atoms. The summed E-state index contributed by atoms with van der Waals surface area (Å²) < 4.78 is 4.89. The Kier molecular flexibility index (Phi) is 4.64. The third-order valence-corrected chi connectivity index (χ3v) is 3.33. The Morgan fingerprint density at radius 1 is 1.00 bits per heavy atom. The number of hydrogen-bond donors (Lipinski definition) is 1. The van der Waals surface area contributed by atoms with Gasteiger partial charge in [-0.3, -0.25) is 0 Å². The summed E-state index contributed by atoms with van der Waals surface area (Å²) in [6.45, 7) is 0.478. The predicted octanol–water partition coefficient (Wildman–Crippen LogP) is 3.95. The SMILES string of the molecule is Cl.O=C1N[C@H](c2cccc(-c3ccccc3)c2)CCO1. The maximum absolute atomic E-state index is 11.3. The fraction of sp³-hybridized carbons (Fsp3) is 0.188. The number of rotatable bonds is 2. The largest absolute Gasteiger partial charge is 0.449 e. The van der Waals surface area contributed by atoms with E-state index in [0.29, 0.717) is 6.61 Å². The van der Waals surface area contributed by atoms with Crippen molar-refractivity contribution in [1.29, 1.82) is 0 Å². The van der Waals surface area contributed by atoms with Crippen LogP contribution in [-0.4, -0.2) is 12.7 Å². The number of alkyl carbamates (subject to hydrolysis) is 1. The van der Waals surface area contributed by atoms with E-state index in [0.717, 1.165) is 12.0 Å². The summed E-state index contributed by atoms with van der Waals surface area (Å²) >= 11 is 0. The molecule has 1 saturated heterocycles. The van der Waals surface area contributed by atoms with Gasteiger partial charge in [0.05, 0.1) is 12.6 Å². The summed E-state index contributed by atoms with van der Waals surface area (Å²) in [6.07, 6.45) is 0.477. The van der Waals surface area contributed by atoms with Crippen molar-refractivity contribution in [1.82, 2.24) is 5.32 Å². The van der Waals surface area contributed by atoms with Crippen LogP contribution in [0.1, 0.15) is 18.0 Å². The first-order valence-corrected chi connectivity index (χ1v) is 6.41. The topological polar surface area (TPSA) is 38.3 Å². The number of carbonyl (C=O) groups is 1. The molecule has 104 valence electrons. The molecule has 20 heavy (non-hydrogen) atoms. The summed E-state index contributed by atoms with van der Waals surface area (Å²) in [5.74, 6) is 0. The number of ether oxygens (including phenoxy) is 1. The third-order valence-electron chi connectivity index (χ3n) is 3.33. The molecule has 2 aromatic rings. The molecule has 0 unspecified atom stereocenters. The second-order valence-corrected chi connectivity index (χ2v) is 4.61. The predicted molar refractivity (Wildman–Crippen MR) is 81.0 cm³/mol. The molecule has 1 aliphatic heterocycles. The van der Waals surface area contributed by atoms with Crippen molar-refractivity contribution in [2.24, 2.45) is 0 Å². The van der Waals surface area contributed by atoms with Crippen LogP contribution in [-0.2, 0) is 4.74 Å². The quantitative estimate of drug-likeness (QED) is 0.909. The molecule has 0 radical (unpaired) electrons. The number of hydrogen-bond acceptors (Lipinski definition) is 2. The van der Waals surface area contributed by atoms with Crippen molar-refractivity contribution in [3.63, 3.8) is 0 Å². The van der Waals surface area contributed by atoms with E-state index in [4.69, 9.17) is 4.74 Å². The van der Waals surface area contributed by atoms with Gasteiger partial charge in [0.25, 0.3) is 0 Å². The molecule has 0 saturated carbocycles. The number of halogens is 1. The molecule has 1 heterocycles. The molecule has 1 fully saturated rings. The Morgan fingerprint density at radius 2 is 1.75 bits per heavy atom. The highest BCUT2D eigenvalue weighted by Crippen LogP contribution is 2.25. The lowest BCUT2D eigenvalue weighted by atomic mass is 9.98. The molecule has 3 rings (SSSR count). The van der Waals surface area contributed by atoms with Gasteiger partial charge in [-0.1, -0.05) is 48.5 Å². The first kappa shape index (κ1) is 14.4. The van der Waals surface area contributed by atoms with Crippen LogP contribution in [0.4, 0.5) is 4.79 Å². The van der Waals surface area contributed by atoms with E-state index in [-0.39, 0.29) is 24.5 Å². The number of benzene rings is 2. The molecular formula is C16H16ClNO2. The highest BCUT2D eigenvalue weighted by molar-refractivity contribution is 5.85. The highest BCUT2D eigenvalue weighted by atomic mass is 35.5. The van der Waals surface area contributed by atoms with Gasteiger partial charge in [0, 0.05) is 6.42 Å². The van der Waals surface area contributed by atoms with Crippen LogP contribution in [0.15, 0.2) is 54.6 Å². The summed E-state index contributed by atoms with van der Waals surface area (Å²) in [6, 6.07) is 18.6. The average molecular weight is 290 g/mol. The molecule has 2 aromatic carbocycles. The van der Waals surface area contributed by atoms with Crippen LogP contribution >= 0.6 is 12.4 Å². The van der Waals surface area contributed by atoms with Crippen LogP contribution in [0.25, 0.3) is 11.1 Å². The minimum Gasteiger partial charge on any atom is -0.449 e. The molecule has 4 heteroatoms. The van der Waals surface area contributed by atoms with Gasteiger partial charge in [-0.05, 0) is 22.8 Å². The molecule has 1 aliphatic rings. The lowest BCUT2D eigenvalue weighted by molar-refractivity contribution is 0.115. The zero-order valence-electron chi connectivity index (χ0n) is 10.9. The Hall–Kier alpha value is -2.00. The smallest absolute Gasteiger partial charge is 0.407 e. The van der Waals surface area contributed by atoms with Gasteiger partial charge in [0.2, 0.25) is 0 Å². The van der Waals surface area contributed by atoms with Crippen molar-refractivity contribution in [3.05, 3.63) is 60.2 Å². The summed E-state index contributed by atoms with van der Waals surface area (Å²) in [5, 5.41) is 2.85. The first-order valence-electron chi connectivity index (χ1n) is 6.41. The molecular weight excluding hydrogens is 274 g/mol. The lowest BCUT2D eigenvalue weighted by Crippen LogP contribution is -2.35. The van der Waals surface area contributed by atoms with Gasteiger partial charge in [-0.25, -0.2) is 4.79 Å². The second-order valence-electron chi connectivity index (χ2n) is 4.61. The molecule has 0 aliphatic carbocycles. The van der Waals surface area contributed by atoms with E-state index in [9.17, 15) is 4.79 Å². The summed E-state index contributed by atoms with van der Waals surface area (Å²) in [5.41, 5.74) is 3.47. The standard InChI is InChI=1S/C16H15NO2.ClH/c18-16-17-15(9-10-19-16)14-8-4-7-13(11-14)12-5-2-1-3-6-12;/h1-8,11,15H,9-10H2,(H,17,18);1H/t15-;/m0./s1. The van der Waals surface area contributed by atoms with Crippen LogP contribution in [0, 0.1) is 0 Å². The number of nitrogens with one attached hydrogen (secondary N) is 1. The summed E-state index contributed by atoms with van der Waals surface area (Å²) in [4.78, 5) is 11.3. The maximum Gasteiger partial charge on any atom is 0.407 e. The summed E-state index contributed by atoms with van der Waals surface area (Å²) in [7, 11) is 0. The van der Waals surface area contributed by atoms with Crippen molar-refractivity contribution >= 4 is 18.5 Å². The number of cyclic esters (lactones) is 1. The van der Waals surface area contributed by atoms with Crippen molar-refractivity contribution < 1.29 is 9.53 Å². The zero-order chi connectivity index (χ0) is 13.1. The van der Waals surface area contributed by atoms with E-state index < -0.39 is 0 Å². The van der Waals surface area contributed by atoms with Crippen LogP contribution < -0.4 is 5.32 Å². The second kappa shape index (κ2) is 6.44. The molecule has 0 aromatic heterocycles. The van der Waals surface area contributed by atoms with Crippen molar-refractivity contribution in [3.8, 4) is 11.1 Å². The maximum atomic E-state index is 11.3. The van der Waals surface area contributed by atoms with E-state index in [2.05, 4.69) is 29.6 Å². The number of amides is 1.